The van der Waals surface area contributed by atoms with E-state index in [2.05, 4.69) is 27.0 Å². The second kappa shape index (κ2) is 9.74. The quantitative estimate of drug-likeness (QED) is 0.445. The lowest BCUT2D eigenvalue weighted by atomic mass is 10.1. The average molecular weight is 455 g/mol. The van der Waals surface area contributed by atoms with Crippen LogP contribution >= 0.6 is 0 Å². The summed E-state index contributed by atoms with van der Waals surface area (Å²) in [5, 5.41) is 4.82. The Morgan fingerprint density at radius 1 is 0.971 bits per heavy atom. The Kier molecular flexibility index (Phi) is 6.20. The van der Waals surface area contributed by atoms with Crippen molar-refractivity contribution in [1.82, 2.24) is 24.6 Å². The molecule has 1 fully saturated rings. The molecule has 2 aromatic heterocycles. The molecule has 8 nitrogen and oxygen atoms in total. The molecule has 0 N–H and O–H groups in total. The van der Waals surface area contributed by atoms with E-state index in [9.17, 15) is 4.79 Å². The first kappa shape index (κ1) is 21.6. The van der Waals surface area contributed by atoms with E-state index in [1.165, 1.54) is 0 Å². The lowest BCUT2D eigenvalue weighted by Gasteiger charge is -2.35. The van der Waals surface area contributed by atoms with Gasteiger partial charge in [-0.1, -0.05) is 42.5 Å². The Balaban J connectivity index is 1.43. The summed E-state index contributed by atoms with van der Waals surface area (Å²) in [6, 6.07) is 17.8. The Bertz CT molecular complexity index is 1250. The van der Waals surface area contributed by atoms with Crippen LogP contribution in [-0.2, 0) is 6.54 Å². The minimum Gasteiger partial charge on any atom is -0.496 e. The van der Waals surface area contributed by atoms with E-state index in [1.54, 1.807) is 25.7 Å². The number of carbonyl (C=O) groups is 1. The molecule has 0 spiro atoms. The predicted molar refractivity (Wildman–Crippen MR) is 130 cm³/mol. The monoisotopic (exact) mass is 454 g/mol. The van der Waals surface area contributed by atoms with Crippen LogP contribution in [0.4, 0.5) is 5.82 Å². The van der Waals surface area contributed by atoms with Gasteiger partial charge in [0, 0.05) is 50.3 Å². The first-order valence-electron chi connectivity index (χ1n) is 11.3. The van der Waals surface area contributed by atoms with E-state index >= 15 is 0 Å². The van der Waals surface area contributed by atoms with Gasteiger partial charge in [0.05, 0.1) is 25.4 Å². The van der Waals surface area contributed by atoms with Gasteiger partial charge in [-0.3, -0.25) is 14.5 Å². The Morgan fingerprint density at radius 2 is 1.74 bits per heavy atom. The summed E-state index contributed by atoms with van der Waals surface area (Å²) in [7, 11) is 1.63. The standard InChI is InChI=1S/C26H26N6O2/c1-34-23-10-6-5-9-21(23)25-22(19-32(29-25)18-20-7-3-2-4-8-20)26(33)31-15-13-30(14-16-31)24-17-27-11-12-28-24/h2-12,17,19H,13-16,18H2,1H3. The second-order valence-corrected chi connectivity index (χ2v) is 8.12. The highest BCUT2D eigenvalue weighted by Gasteiger charge is 2.28. The van der Waals surface area contributed by atoms with Gasteiger partial charge in [-0.25, -0.2) is 4.98 Å². The van der Waals surface area contributed by atoms with Gasteiger partial charge in [0.1, 0.15) is 17.3 Å². The third-order valence-electron chi connectivity index (χ3n) is 5.98. The summed E-state index contributed by atoms with van der Waals surface area (Å²) in [6.07, 6.45) is 6.96. The number of nitrogens with zero attached hydrogens (tertiary/aromatic N) is 6. The minimum atomic E-state index is -0.0287. The number of carbonyl (C=O) groups excluding carboxylic acids is 1. The Hall–Kier alpha value is -4.20. The van der Waals surface area contributed by atoms with Crippen LogP contribution in [0.5, 0.6) is 5.75 Å². The summed E-state index contributed by atoms with van der Waals surface area (Å²) >= 11 is 0. The zero-order valence-corrected chi connectivity index (χ0v) is 19.0. The van der Waals surface area contributed by atoms with Crippen molar-refractivity contribution in [3.8, 4) is 17.0 Å². The molecule has 1 amide bonds. The molecule has 34 heavy (non-hydrogen) atoms. The van der Waals surface area contributed by atoms with Gasteiger partial charge in [0.25, 0.3) is 5.91 Å². The lowest BCUT2D eigenvalue weighted by molar-refractivity contribution is 0.0747. The van der Waals surface area contributed by atoms with Crippen molar-refractivity contribution < 1.29 is 9.53 Å². The molecule has 1 aliphatic heterocycles. The number of piperazine rings is 1. The molecule has 3 heterocycles. The van der Waals surface area contributed by atoms with Crippen LogP contribution in [0.15, 0.2) is 79.4 Å². The Labute approximate surface area is 198 Å². The van der Waals surface area contributed by atoms with Gasteiger partial charge < -0.3 is 14.5 Å². The van der Waals surface area contributed by atoms with Crippen LogP contribution < -0.4 is 9.64 Å². The third-order valence-corrected chi connectivity index (χ3v) is 5.98. The molecule has 4 aromatic rings. The Morgan fingerprint density at radius 3 is 2.47 bits per heavy atom. The highest BCUT2D eigenvalue weighted by molar-refractivity contribution is 6.00. The molecular weight excluding hydrogens is 428 g/mol. The SMILES string of the molecule is COc1ccccc1-c1nn(Cc2ccccc2)cc1C(=O)N1CCN(c2cnccn2)CC1. The predicted octanol–water partition coefficient (Wildman–Crippen LogP) is 3.36. The van der Waals surface area contributed by atoms with E-state index in [1.807, 2.05) is 58.2 Å². The second-order valence-electron chi connectivity index (χ2n) is 8.12. The molecule has 1 aliphatic rings. The maximum absolute atomic E-state index is 13.7. The average Bonchev–Trinajstić information content (AvgIpc) is 3.33. The molecule has 0 aliphatic carbocycles. The van der Waals surface area contributed by atoms with Gasteiger partial charge in [-0.05, 0) is 17.7 Å². The van der Waals surface area contributed by atoms with Crippen LogP contribution in [0.1, 0.15) is 15.9 Å². The molecule has 0 saturated carbocycles. The summed E-state index contributed by atoms with van der Waals surface area (Å²) in [6.45, 7) is 3.19. The van der Waals surface area contributed by atoms with Crippen molar-refractivity contribution in [2.45, 2.75) is 6.54 Å². The molecule has 0 bridgehead atoms. The van der Waals surface area contributed by atoms with Gasteiger partial charge in [0.15, 0.2) is 0 Å². The maximum Gasteiger partial charge on any atom is 0.257 e. The first-order valence-corrected chi connectivity index (χ1v) is 11.3. The lowest BCUT2D eigenvalue weighted by Crippen LogP contribution is -2.49. The molecule has 5 rings (SSSR count). The minimum absolute atomic E-state index is 0.0287. The number of ether oxygens (including phenoxy) is 1. The topological polar surface area (TPSA) is 76.4 Å². The zero-order chi connectivity index (χ0) is 23.3. The van der Waals surface area contributed by atoms with Gasteiger partial charge in [-0.2, -0.15) is 5.10 Å². The molecule has 172 valence electrons. The third kappa shape index (κ3) is 4.47. The number of hydrogen-bond donors (Lipinski definition) is 0. The van der Waals surface area contributed by atoms with Gasteiger partial charge in [0.2, 0.25) is 0 Å². The smallest absolute Gasteiger partial charge is 0.257 e. The van der Waals surface area contributed by atoms with Crippen molar-refractivity contribution >= 4 is 11.7 Å². The van der Waals surface area contributed by atoms with Crippen molar-refractivity contribution in [2.24, 2.45) is 0 Å². The number of hydrogen-bond acceptors (Lipinski definition) is 6. The fourth-order valence-electron chi connectivity index (χ4n) is 4.23. The summed E-state index contributed by atoms with van der Waals surface area (Å²) in [5.41, 5.74) is 3.13. The zero-order valence-electron chi connectivity index (χ0n) is 19.0. The highest BCUT2D eigenvalue weighted by Crippen LogP contribution is 2.32. The van der Waals surface area contributed by atoms with E-state index in [4.69, 9.17) is 9.84 Å². The summed E-state index contributed by atoms with van der Waals surface area (Å²) in [4.78, 5) is 26.3. The molecule has 0 atom stereocenters. The van der Waals surface area contributed by atoms with Crippen LogP contribution in [0, 0.1) is 0 Å². The van der Waals surface area contributed by atoms with Gasteiger partial charge in [-0.15, -0.1) is 0 Å². The highest BCUT2D eigenvalue weighted by atomic mass is 16.5. The van der Waals surface area contributed by atoms with Crippen LogP contribution in [-0.4, -0.2) is 63.8 Å². The number of rotatable bonds is 6. The van der Waals surface area contributed by atoms with Gasteiger partial charge >= 0.3 is 0 Å². The molecule has 2 aromatic carbocycles. The molecule has 1 saturated heterocycles. The molecule has 0 unspecified atom stereocenters. The van der Waals surface area contributed by atoms with Crippen molar-refractivity contribution in [3.63, 3.8) is 0 Å². The van der Waals surface area contributed by atoms with Crippen molar-refractivity contribution in [2.75, 3.05) is 38.2 Å². The maximum atomic E-state index is 13.7. The first-order chi connectivity index (χ1) is 16.7. The number of methoxy groups -OCH3 is 1. The van der Waals surface area contributed by atoms with Crippen LogP contribution in [0.2, 0.25) is 0 Å². The molecule has 8 heteroatoms. The number of benzene rings is 2. The number of aromatic nitrogens is 4. The van der Waals surface area contributed by atoms with Crippen molar-refractivity contribution in [1.29, 1.82) is 0 Å². The number of amides is 1. The van der Waals surface area contributed by atoms with Crippen LogP contribution in [0.25, 0.3) is 11.3 Å². The summed E-state index contributed by atoms with van der Waals surface area (Å²) < 4.78 is 7.41. The molecular formula is C26H26N6O2. The molecule has 0 radical (unpaired) electrons. The number of anilines is 1. The normalized spacial score (nSPS) is 13.7. The van der Waals surface area contributed by atoms with Crippen molar-refractivity contribution in [3.05, 3.63) is 90.5 Å². The fourth-order valence-corrected chi connectivity index (χ4v) is 4.23. The number of para-hydroxylation sites is 1. The van der Waals surface area contributed by atoms with Crippen LogP contribution in [0.3, 0.4) is 0 Å². The largest absolute Gasteiger partial charge is 0.496 e. The van der Waals surface area contributed by atoms with E-state index in [0.717, 1.165) is 16.9 Å². The summed E-state index contributed by atoms with van der Waals surface area (Å²) in [5.74, 6) is 1.49. The van der Waals surface area contributed by atoms with E-state index in [0.29, 0.717) is 49.7 Å². The van der Waals surface area contributed by atoms with E-state index < -0.39 is 0 Å². The fraction of sp³-hybridized carbons (Fsp3) is 0.231. The van der Waals surface area contributed by atoms with E-state index in [-0.39, 0.29) is 5.91 Å².